The molecule has 25 heavy (non-hydrogen) atoms. The van der Waals surface area contributed by atoms with Gasteiger partial charge in [0.1, 0.15) is 23.0 Å². The molecule has 1 aliphatic rings. The number of hydrogen-bond acceptors (Lipinski definition) is 7. The molecular weight excluding hydrogens is 318 g/mol. The molecule has 2 aromatic heterocycles. The molecule has 4 rings (SSSR count). The van der Waals surface area contributed by atoms with Gasteiger partial charge >= 0.3 is 0 Å². The number of phenolic OH excluding ortho intramolecular Hbond substituents is 1. The van der Waals surface area contributed by atoms with Gasteiger partial charge < -0.3 is 10.8 Å². The van der Waals surface area contributed by atoms with Crippen molar-refractivity contribution in [3.63, 3.8) is 0 Å². The summed E-state index contributed by atoms with van der Waals surface area (Å²) in [5.41, 5.74) is 8.65. The van der Waals surface area contributed by atoms with Crippen LogP contribution >= 0.6 is 0 Å². The third-order valence-corrected chi connectivity index (χ3v) is 3.80. The molecule has 0 fully saturated rings. The fraction of sp³-hybridized carbons (Fsp3) is 0.118. The van der Waals surface area contributed by atoms with Gasteiger partial charge in [-0.05, 0) is 38.1 Å². The number of phenols is 1. The van der Waals surface area contributed by atoms with Gasteiger partial charge in [0.25, 0.3) is 0 Å². The number of pyridine rings is 1. The minimum Gasteiger partial charge on any atom is -0.507 e. The van der Waals surface area contributed by atoms with E-state index in [2.05, 4.69) is 25.2 Å². The smallest absolute Gasteiger partial charge is 0.204 e. The molecule has 0 bridgehead atoms. The maximum Gasteiger partial charge on any atom is 0.204 e. The van der Waals surface area contributed by atoms with E-state index in [0.717, 1.165) is 0 Å². The minimum atomic E-state index is 0.114. The lowest BCUT2D eigenvalue weighted by Gasteiger charge is -2.06. The zero-order chi connectivity index (χ0) is 17.6. The first-order valence-electron chi connectivity index (χ1n) is 7.66. The van der Waals surface area contributed by atoms with Crippen molar-refractivity contribution in [1.82, 2.24) is 19.9 Å². The second-order valence-corrected chi connectivity index (χ2v) is 5.64. The van der Waals surface area contributed by atoms with Crippen molar-refractivity contribution in [3.05, 3.63) is 59.3 Å². The number of rotatable bonds is 2. The Morgan fingerprint density at radius 2 is 1.88 bits per heavy atom. The zero-order valence-electron chi connectivity index (χ0n) is 13.7. The summed E-state index contributed by atoms with van der Waals surface area (Å²) in [5, 5.41) is 18.9. The Bertz CT molecular complexity index is 1050. The highest BCUT2D eigenvalue weighted by molar-refractivity contribution is 6.54. The molecule has 0 amide bonds. The van der Waals surface area contributed by atoms with Gasteiger partial charge in [-0.3, -0.25) is 0 Å². The number of aromatic hydroxyl groups is 1. The Morgan fingerprint density at radius 1 is 1.08 bits per heavy atom. The van der Waals surface area contributed by atoms with E-state index in [1.807, 2.05) is 13.0 Å². The summed E-state index contributed by atoms with van der Waals surface area (Å²) in [4.78, 5) is 14.7. The van der Waals surface area contributed by atoms with Crippen LogP contribution in [0.1, 0.15) is 22.9 Å². The van der Waals surface area contributed by atoms with Crippen LogP contribution in [0.2, 0.25) is 0 Å². The van der Waals surface area contributed by atoms with Crippen molar-refractivity contribution in [1.29, 1.82) is 0 Å². The van der Waals surface area contributed by atoms with Crippen LogP contribution in [0.15, 0.2) is 46.5 Å². The maximum atomic E-state index is 10.2. The van der Waals surface area contributed by atoms with Crippen LogP contribution in [-0.2, 0) is 0 Å². The average molecular weight is 333 g/mol. The van der Waals surface area contributed by atoms with E-state index in [0.29, 0.717) is 45.8 Å². The van der Waals surface area contributed by atoms with Gasteiger partial charge in [-0.1, -0.05) is 12.1 Å². The summed E-state index contributed by atoms with van der Waals surface area (Å²) in [6.07, 6.45) is 0. The second-order valence-electron chi connectivity index (χ2n) is 5.64. The lowest BCUT2D eigenvalue weighted by molar-refractivity contribution is 0.474. The molecule has 1 aromatic carbocycles. The van der Waals surface area contributed by atoms with Crippen LogP contribution < -0.4 is 5.73 Å². The van der Waals surface area contributed by atoms with E-state index in [1.54, 1.807) is 37.3 Å². The predicted octanol–water partition coefficient (Wildman–Crippen LogP) is 1.96. The normalized spacial score (nSPS) is 14.6. The number of nitrogens with zero attached hydrogens (tertiary/aromatic N) is 6. The molecule has 0 unspecified atom stereocenters. The Morgan fingerprint density at radius 3 is 2.64 bits per heavy atom. The lowest BCUT2D eigenvalue weighted by Crippen LogP contribution is -2.14. The van der Waals surface area contributed by atoms with Crippen LogP contribution in [0.25, 0.3) is 0 Å². The Labute approximate surface area is 143 Å². The Balaban J connectivity index is 1.92. The van der Waals surface area contributed by atoms with Gasteiger partial charge in [-0.15, -0.1) is 15.0 Å². The van der Waals surface area contributed by atoms with Crippen LogP contribution in [0, 0.1) is 13.8 Å². The summed E-state index contributed by atoms with van der Waals surface area (Å²) in [6, 6.07) is 10.4. The number of aromatic nitrogens is 4. The van der Waals surface area contributed by atoms with E-state index in [1.165, 1.54) is 4.79 Å². The van der Waals surface area contributed by atoms with E-state index >= 15 is 0 Å². The first-order valence-corrected chi connectivity index (χ1v) is 7.66. The number of para-hydroxylation sites is 1. The standard InChI is InChI=1S/C17H15N7O/c1-9-12(7-8-14(18)19-9)21-16-15(11-5-3-4-6-13(11)25)23-24-17(16)20-10(2)22-24/h3-8,25H,1-2H3,(H2,18,19). The van der Waals surface area contributed by atoms with E-state index in [4.69, 9.17) is 5.73 Å². The molecule has 0 radical (unpaired) electrons. The quantitative estimate of drug-likeness (QED) is 0.744. The van der Waals surface area contributed by atoms with Crippen LogP contribution in [-0.4, -0.2) is 36.4 Å². The molecule has 0 saturated heterocycles. The maximum absolute atomic E-state index is 10.2. The highest BCUT2D eigenvalue weighted by Gasteiger charge is 2.29. The third-order valence-electron chi connectivity index (χ3n) is 3.80. The lowest BCUT2D eigenvalue weighted by atomic mass is 10.0. The third kappa shape index (κ3) is 2.53. The van der Waals surface area contributed by atoms with Crippen molar-refractivity contribution in [3.8, 4) is 5.75 Å². The number of nitrogen functional groups attached to an aromatic ring is 1. The van der Waals surface area contributed by atoms with Crippen molar-refractivity contribution in [2.75, 3.05) is 5.73 Å². The summed E-state index contributed by atoms with van der Waals surface area (Å²) in [5.74, 6) is 1.66. The number of aliphatic imine (C=N–C) groups is 1. The van der Waals surface area contributed by atoms with Crippen molar-refractivity contribution in [2.24, 2.45) is 10.1 Å². The Hall–Kier alpha value is -3.55. The summed E-state index contributed by atoms with van der Waals surface area (Å²) >= 11 is 0. The predicted molar refractivity (Wildman–Crippen MR) is 94.4 cm³/mol. The van der Waals surface area contributed by atoms with Crippen LogP contribution in [0.4, 0.5) is 11.5 Å². The topological polar surface area (TPSA) is 115 Å². The van der Waals surface area contributed by atoms with E-state index in [9.17, 15) is 5.11 Å². The molecule has 8 heteroatoms. The molecule has 0 saturated carbocycles. The van der Waals surface area contributed by atoms with Gasteiger partial charge in [0.15, 0.2) is 5.82 Å². The first-order chi connectivity index (χ1) is 12.0. The number of hydrogen-bond donors (Lipinski definition) is 2. The molecule has 0 atom stereocenters. The van der Waals surface area contributed by atoms with Crippen molar-refractivity contribution >= 4 is 22.9 Å². The average Bonchev–Trinajstić information content (AvgIpc) is 3.07. The van der Waals surface area contributed by atoms with Crippen molar-refractivity contribution < 1.29 is 5.11 Å². The highest BCUT2D eigenvalue weighted by atomic mass is 16.3. The number of fused-ring (bicyclic) bond motifs is 1. The fourth-order valence-corrected chi connectivity index (χ4v) is 2.64. The molecule has 0 aliphatic carbocycles. The van der Waals surface area contributed by atoms with Gasteiger partial charge in [0.2, 0.25) is 5.82 Å². The molecule has 1 aliphatic heterocycles. The molecule has 8 nitrogen and oxygen atoms in total. The monoisotopic (exact) mass is 333 g/mol. The fourth-order valence-electron chi connectivity index (χ4n) is 2.64. The second kappa shape index (κ2) is 5.52. The van der Waals surface area contributed by atoms with E-state index < -0.39 is 0 Å². The van der Waals surface area contributed by atoms with Crippen LogP contribution in [0.3, 0.4) is 0 Å². The molecule has 3 heterocycles. The SMILES string of the molecule is Cc1nc2n(n1)N=C(c1ccccc1O)C2=Nc1ccc(N)nc1C. The Kier molecular flexibility index (Phi) is 3.31. The number of nitrogens with two attached hydrogens (primary N) is 1. The zero-order valence-corrected chi connectivity index (χ0v) is 13.7. The van der Waals surface area contributed by atoms with Gasteiger partial charge in [-0.25, -0.2) is 15.0 Å². The number of benzene rings is 1. The summed E-state index contributed by atoms with van der Waals surface area (Å²) < 4.78 is 0. The van der Waals surface area contributed by atoms with Gasteiger partial charge in [0.05, 0.1) is 11.4 Å². The van der Waals surface area contributed by atoms with Crippen LogP contribution in [0.5, 0.6) is 5.75 Å². The van der Waals surface area contributed by atoms with E-state index in [-0.39, 0.29) is 5.75 Å². The largest absolute Gasteiger partial charge is 0.507 e. The highest BCUT2D eigenvalue weighted by Crippen LogP contribution is 2.26. The molecule has 0 spiro atoms. The molecule has 124 valence electrons. The minimum absolute atomic E-state index is 0.114. The number of anilines is 1. The molecular formula is C17H15N7O. The van der Waals surface area contributed by atoms with Gasteiger partial charge in [0, 0.05) is 5.56 Å². The number of aryl methyl sites for hydroxylation is 2. The molecule has 3 aromatic rings. The summed E-state index contributed by atoms with van der Waals surface area (Å²) in [6.45, 7) is 3.62. The molecule has 3 N–H and O–H groups in total. The van der Waals surface area contributed by atoms with Gasteiger partial charge in [-0.2, -0.15) is 0 Å². The van der Waals surface area contributed by atoms with Crippen molar-refractivity contribution in [2.45, 2.75) is 13.8 Å². The first kappa shape index (κ1) is 15.0. The summed E-state index contributed by atoms with van der Waals surface area (Å²) in [7, 11) is 0.